The van der Waals surface area contributed by atoms with Gasteiger partial charge in [0, 0.05) is 17.3 Å². The monoisotopic (exact) mass is 338 g/mol. The average Bonchev–Trinajstić information content (AvgIpc) is 3.01. The van der Waals surface area contributed by atoms with E-state index in [-0.39, 0.29) is 16.9 Å². The first-order valence-electron chi connectivity index (χ1n) is 7.33. The minimum atomic E-state index is -0.662. The van der Waals surface area contributed by atoms with Gasteiger partial charge in [-0.25, -0.2) is 4.98 Å². The van der Waals surface area contributed by atoms with Gasteiger partial charge in [-0.1, -0.05) is 12.1 Å². The zero-order chi connectivity index (χ0) is 18.0. The lowest BCUT2D eigenvalue weighted by Crippen LogP contribution is -2.16. The lowest BCUT2D eigenvalue weighted by atomic mass is 10.1. The summed E-state index contributed by atoms with van der Waals surface area (Å²) in [6.07, 6.45) is 1.59. The number of anilines is 2. The van der Waals surface area contributed by atoms with Crippen LogP contribution in [0.5, 0.6) is 0 Å². The molecule has 0 unspecified atom stereocenters. The first-order chi connectivity index (χ1) is 12.0. The molecule has 0 saturated carbocycles. The van der Waals surface area contributed by atoms with Gasteiger partial charge in [0.25, 0.3) is 11.6 Å². The van der Waals surface area contributed by atoms with E-state index in [9.17, 15) is 14.9 Å². The number of nitrogens with one attached hydrogen (secondary N) is 1. The van der Waals surface area contributed by atoms with Crippen LogP contribution in [-0.4, -0.2) is 15.8 Å². The van der Waals surface area contributed by atoms with Crippen molar-refractivity contribution in [3.05, 3.63) is 70.1 Å². The molecule has 8 heteroatoms. The Hall–Kier alpha value is -3.68. The van der Waals surface area contributed by atoms with Crippen LogP contribution in [0.2, 0.25) is 0 Å². The standard InChI is InChI=1S/C17H14N4O4/c1-10-9-19-17(25-10)11-4-2-5-12(8-11)20-16(22)15-13(18)6-3-7-14(15)21(23)24/h2-9H,18H2,1H3,(H,20,22). The molecule has 1 heterocycles. The first-order valence-corrected chi connectivity index (χ1v) is 7.33. The summed E-state index contributed by atoms with van der Waals surface area (Å²) in [6, 6.07) is 10.9. The molecule has 0 radical (unpaired) electrons. The second-order valence-electron chi connectivity index (χ2n) is 5.31. The smallest absolute Gasteiger partial charge is 0.284 e. The Bertz CT molecular complexity index is 965. The largest absolute Gasteiger partial charge is 0.441 e. The van der Waals surface area contributed by atoms with Crippen molar-refractivity contribution in [2.45, 2.75) is 6.92 Å². The maximum Gasteiger partial charge on any atom is 0.284 e. The van der Waals surface area contributed by atoms with Gasteiger partial charge >= 0.3 is 0 Å². The molecule has 126 valence electrons. The third kappa shape index (κ3) is 3.32. The Balaban J connectivity index is 1.91. The fraction of sp³-hybridized carbons (Fsp3) is 0.0588. The maximum atomic E-state index is 12.5. The van der Waals surface area contributed by atoms with Crippen molar-refractivity contribution in [3.8, 4) is 11.5 Å². The van der Waals surface area contributed by atoms with Crippen LogP contribution in [0.25, 0.3) is 11.5 Å². The molecule has 3 aromatic rings. The van der Waals surface area contributed by atoms with Crippen molar-refractivity contribution < 1.29 is 14.1 Å². The summed E-state index contributed by atoms with van der Waals surface area (Å²) in [5.74, 6) is 0.418. The van der Waals surface area contributed by atoms with E-state index in [1.807, 2.05) is 0 Å². The number of hydrogen-bond donors (Lipinski definition) is 2. The van der Waals surface area contributed by atoms with E-state index >= 15 is 0 Å². The molecule has 3 N–H and O–H groups in total. The van der Waals surface area contributed by atoms with Crippen LogP contribution in [0.1, 0.15) is 16.1 Å². The number of nitrogen functional groups attached to an aromatic ring is 1. The molecule has 0 spiro atoms. The molecule has 0 aliphatic heterocycles. The highest BCUT2D eigenvalue weighted by Gasteiger charge is 2.23. The average molecular weight is 338 g/mol. The Morgan fingerprint density at radius 3 is 2.72 bits per heavy atom. The van der Waals surface area contributed by atoms with E-state index in [2.05, 4.69) is 10.3 Å². The van der Waals surface area contributed by atoms with Crippen LogP contribution in [0, 0.1) is 17.0 Å². The number of nitrogens with zero attached hydrogens (tertiary/aromatic N) is 2. The van der Waals surface area contributed by atoms with Gasteiger partial charge in [-0.15, -0.1) is 0 Å². The van der Waals surface area contributed by atoms with Crippen molar-refractivity contribution in [1.29, 1.82) is 0 Å². The maximum absolute atomic E-state index is 12.5. The molecule has 0 atom stereocenters. The number of nitro groups is 1. The number of aromatic nitrogens is 1. The minimum absolute atomic E-state index is 0.0335. The van der Waals surface area contributed by atoms with Crippen LogP contribution in [0.3, 0.4) is 0 Å². The predicted octanol–water partition coefficient (Wildman–Crippen LogP) is 3.39. The molecule has 25 heavy (non-hydrogen) atoms. The van der Waals surface area contributed by atoms with Crippen LogP contribution in [0.4, 0.5) is 17.1 Å². The fourth-order valence-corrected chi connectivity index (χ4v) is 2.37. The second-order valence-corrected chi connectivity index (χ2v) is 5.31. The number of carbonyl (C=O) groups excluding carboxylic acids is 1. The molecule has 0 fully saturated rings. The highest BCUT2D eigenvalue weighted by Crippen LogP contribution is 2.27. The zero-order valence-corrected chi connectivity index (χ0v) is 13.2. The van der Waals surface area contributed by atoms with Gasteiger partial charge in [0.1, 0.15) is 11.3 Å². The van der Waals surface area contributed by atoms with E-state index in [4.69, 9.17) is 10.2 Å². The molecular weight excluding hydrogens is 324 g/mol. The van der Waals surface area contributed by atoms with Gasteiger partial charge in [0.05, 0.1) is 16.8 Å². The Morgan fingerprint density at radius 1 is 1.28 bits per heavy atom. The summed E-state index contributed by atoms with van der Waals surface area (Å²) in [6.45, 7) is 1.78. The summed E-state index contributed by atoms with van der Waals surface area (Å²) in [7, 11) is 0. The topological polar surface area (TPSA) is 124 Å². The number of oxazole rings is 1. The van der Waals surface area contributed by atoms with Gasteiger partial charge < -0.3 is 15.5 Å². The zero-order valence-electron chi connectivity index (χ0n) is 13.2. The number of hydrogen-bond acceptors (Lipinski definition) is 6. The summed E-state index contributed by atoms with van der Waals surface area (Å²) in [5, 5.41) is 13.7. The number of aryl methyl sites for hydroxylation is 1. The van der Waals surface area contributed by atoms with Crippen LogP contribution >= 0.6 is 0 Å². The number of nitrogens with two attached hydrogens (primary N) is 1. The van der Waals surface area contributed by atoms with Crippen LogP contribution < -0.4 is 11.1 Å². The van der Waals surface area contributed by atoms with Crippen molar-refractivity contribution in [3.63, 3.8) is 0 Å². The van der Waals surface area contributed by atoms with Crippen molar-refractivity contribution in [2.75, 3.05) is 11.1 Å². The Kier molecular flexibility index (Phi) is 4.17. The molecule has 0 bridgehead atoms. The number of amides is 1. The van der Waals surface area contributed by atoms with Crippen molar-refractivity contribution in [1.82, 2.24) is 4.98 Å². The number of carbonyl (C=O) groups is 1. The molecule has 2 aromatic carbocycles. The summed E-state index contributed by atoms with van der Waals surface area (Å²) in [5.41, 5.74) is 6.36. The van der Waals surface area contributed by atoms with Gasteiger partial charge in [0.15, 0.2) is 0 Å². The van der Waals surface area contributed by atoms with E-state index in [0.29, 0.717) is 22.9 Å². The van der Waals surface area contributed by atoms with Crippen molar-refractivity contribution in [2.24, 2.45) is 0 Å². The third-order valence-corrected chi connectivity index (χ3v) is 3.49. The second kappa shape index (κ2) is 6.44. The summed E-state index contributed by atoms with van der Waals surface area (Å²) < 4.78 is 5.45. The van der Waals surface area contributed by atoms with E-state index in [1.165, 1.54) is 18.2 Å². The molecule has 8 nitrogen and oxygen atoms in total. The molecule has 3 rings (SSSR count). The van der Waals surface area contributed by atoms with E-state index in [0.717, 1.165) is 0 Å². The SMILES string of the molecule is Cc1cnc(-c2cccc(NC(=O)c3c(N)cccc3[N+](=O)[O-])c2)o1. The lowest BCUT2D eigenvalue weighted by molar-refractivity contribution is -0.385. The van der Waals surface area contributed by atoms with Gasteiger partial charge in [-0.05, 0) is 31.2 Å². The highest BCUT2D eigenvalue weighted by atomic mass is 16.6. The Labute approximate surface area is 142 Å². The lowest BCUT2D eigenvalue weighted by Gasteiger charge is -2.08. The van der Waals surface area contributed by atoms with Crippen LogP contribution in [0.15, 0.2) is 53.1 Å². The number of rotatable bonds is 4. The predicted molar refractivity (Wildman–Crippen MR) is 92.1 cm³/mol. The quantitative estimate of drug-likeness (QED) is 0.427. The van der Waals surface area contributed by atoms with Gasteiger partial charge in [-0.2, -0.15) is 0 Å². The third-order valence-electron chi connectivity index (χ3n) is 3.49. The first kappa shape index (κ1) is 16.2. The van der Waals surface area contributed by atoms with E-state index in [1.54, 1.807) is 37.4 Å². The van der Waals surface area contributed by atoms with Crippen molar-refractivity contribution >= 4 is 23.0 Å². The number of benzene rings is 2. The van der Waals surface area contributed by atoms with Gasteiger partial charge in [-0.3, -0.25) is 14.9 Å². The number of nitro benzene ring substituents is 1. The molecule has 0 aliphatic carbocycles. The Morgan fingerprint density at radius 2 is 2.04 bits per heavy atom. The summed E-state index contributed by atoms with van der Waals surface area (Å²) >= 11 is 0. The highest BCUT2D eigenvalue weighted by molar-refractivity contribution is 6.10. The summed E-state index contributed by atoms with van der Waals surface area (Å²) in [4.78, 5) is 27.1. The molecular formula is C17H14N4O4. The molecule has 1 aromatic heterocycles. The minimum Gasteiger partial charge on any atom is -0.441 e. The fourth-order valence-electron chi connectivity index (χ4n) is 2.37. The molecule has 0 saturated heterocycles. The van der Waals surface area contributed by atoms with Crippen LogP contribution in [-0.2, 0) is 0 Å². The molecule has 0 aliphatic rings. The van der Waals surface area contributed by atoms with Gasteiger partial charge in [0.2, 0.25) is 5.89 Å². The normalized spacial score (nSPS) is 10.4. The molecule has 1 amide bonds. The van der Waals surface area contributed by atoms with E-state index < -0.39 is 10.8 Å².